The van der Waals surface area contributed by atoms with Gasteiger partial charge in [0.25, 0.3) is 0 Å². The van der Waals surface area contributed by atoms with Crippen molar-refractivity contribution in [3.63, 3.8) is 0 Å². The first kappa shape index (κ1) is 18.5. The minimum absolute atomic E-state index is 0.00965. The second-order valence-corrected chi connectivity index (χ2v) is 6.58. The highest BCUT2D eigenvalue weighted by atomic mass is 32.1. The van der Waals surface area contributed by atoms with Crippen LogP contribution in [0, 0.1) is 0 Å². The van der Waals surface area contributed by atoms with Crippen molar-refractivity contribution >= 4 is 23.3 Å². The Morgan fingerprint density at radius 2 is 2.23 bits per heavy atom. The molecule has 0 aromatic carbocycles. The van der Waals surface area contributed by atoms with E-state index < -0.39 is 11.9 Å². The fourth-order valence-electron chi connectivity index (χ4n) is 2.53. The zero-order chi connectivity index (χ0) is 18.6. The molecule has 0 radical (unpaired) electrons. The van der Waals surface area contributed by atoms with Crippen LogP contribution in [-0.2, 0) is 35.2 Å². The first-order chi connectivity index (χ1) is 12.4. The standard InChI is InChI=1S/C17H16F3N3O2S/c18-17(19,20)16-12-10-25-8-6-13(12)22-14(23-16)5-7-21-15(24)4-3-11-2-1-9-26-11/h1-4,9H,5-8,10H2,(H,21,24)/b4-3+. The molecule has 2 aromatic rings. The molecule has 0 aliphatic carbocycles. The molecule has 0 saturated carbocycles. The molecule has 3 heterocycles. The van der Waals surface area contributed by atoms with E-state index in [0.717, 1.165) is 4.88 Å². The highest BCUT2D eigenvalue weighted by Gasteiger charge is 2.38. The molecule has 0 spiro atoms. The monoisotopic (exact) mass is 383 g/mol. The fraction of sp³-hybridized carbons (Fsp3) is 0.353. The van der Waals surface area contributed by atoms with Crippen LogP contribution in [0.4, 0.5) is 13.2 Å². The van der Waals surface area contributed by atoms with Crippen molar-refractivity contribution in [1.82, 2.24) is 15.3 Å². The van der Waals surface area contributed by atoms with Crippen LogP contribution in [-0.4, -0.2) is 29.0 Å². The maximum absolute atomic E-state index is 13.2. The quantitative estimate of drug-likeness (QED) is 0.807. The van der Waals surface area contributed by atoms with Crippen molar-refractivity contribution in [1.29, 1.82) is 0 Å². The number of aromatic nitrogens is 2. The van der Waals surface area contributed by atoms with E-state index in [1.54, 1.807) is 6.08 Å². The molecule has 5 nitrogen and oxygen atoms in total. The number of fused-ring (bicyclic) bond motifs is 1. The zero-order valence-electron chi connectivity index (χ0n) is 13.7. The Bertz CT molecular complexity index is 804. The predicted molar refractivity (Wildman–Crippen MR) is 90.5 cm³/mol. The zero-order valence-corrected chi connectivity index (χ0v) is 14.5. The molecule has 2 aromatic heterocycles. The normalized spacial score (nSPS) is 14.4. The summed E-state index contributed by atoms with van der Waals surface area (Å²) in [4.78, 5) is 20.6. The smallest absolute Gasteiger partial charge is 0.376 e. The molecular formula is C17H16F3N3O2S. The Morgan fingerprint density at radius 1 is 1.38 bits per heavy atom. The summed E-state index contributed by atoms with van der Waals surface area (Å²) in [7, 11) is 0. The van der Waals surface area contributed by atoms with Crippen LogP contribution >= 0.6 is 11.3 Å². The molecule has 9 heteroatoms. The number of thiophene rings is 1. The van der Waals surface area contributed by atoms with Gasteiger partial charge in [0.2, 0.25) is 5.91 Å². The van der Waals surface area contributed by atoms with Crippen LogP contribution in [0.15, 0.2) is 23.6 Å². The van der Waals surface area contributed by atoms with E-state index in [4.69, 9.17) is 4.74 Å². The lowest BCUT2D eigenvalue weighted by molar-refractivity contribution is -0.143. The third kappa shape index (κ3) is 4.67. The first-order valence-corrected chi connectivity index (χ1v) is 8.84. The van der Waals surface area contributed by atoms with Gasteiger partial charge in [0.05, 0.1) is 18.9 Å². The van der Waals surface area contributed by atoms with Gasteiger partial charge in [-0.1, -0.05) is 6.07 Å². The first-order valence-electron chi connectivity index (χ1n) is 7.96. The van der Waals surface area contributed by atoms with Crippen molar-refractivity contribution in [2.75, 3.05) is 13.2 Å². The molecule has 1 N–H and O–H groups in total. The third-order valence-corrected chi connectivity index (χ3v) is 4.56. The molecule has 0 fully saturated rings. The van der Waals surface area contributed by atoms with Gasteiger partial charge in [-0.2, -0.15) is 13.2 Å². The summed E-state index contributed by atoms with van der Waals surface area (Å²) in [5.41, 5.74) is -0.561. The molecule has 138 valence electrons. The number of carbonyl (C=O) groups is 1. The Labute approximate surface area is 151 Å². The van der Waals surface area contributed by atoms with Gasteiger partial charge in [0.1, 0.15) is 5.82 Å². The van der Waals surface area contributed by atoms with E-state index in [0.29, 0.717) is 18.7 Å². The van der Waals surface area contributed by atoms with E-state index in [2.05, 4.69) is 15.3 Å². The van der Waals surface area contributed by atoms with Crippen molar-refractivity contribution in [3.8, 4) is 0 Å². The van der Waals surface area contributed by atoms with Crippen molar-refractivity contribution in [2.45, 2.75) is 25.6 Å². The second kappa shape index (κ2) is 7.96. The van der Waals surface area contributed by atoms with E-state index in [1.165, 1.54) is 17.4 Å². The number of halogens is 3. The van der Waals surface area contributed by atoms with Crippen molar-refractivity contribution in [2.24, 2.45) is 0 Å². The van der Waals surface area contributed by atoms with Crippen LogP contribution in [0.3, 0.4) is 0 Å². The summed E-state index contributed by atoms with van der Waals surface area (Å²) in [6.45, 7) is 0.361. The molecule has 0 unspecified atom stereocenters. The van der Waals surface area contributed by atoms with Gasteiger partial charge in [-0.05, 0) is 17.5 Å². The third-order valence-electron chi connectivity index (χ3n) is 3.73. The van der Waals surface area contributed by atoms with Crippen LogP contribution in [0.5, 0.6) is 0 Å². The molecule has 1 amide bonds. The predicted octanol–water partition coefficient (Wildman–Crippen LogP) is 3.00. The summed E-state index contributed by atoms with van der Waals surface area (Å²) in [6, 6.07) is 3.75. The van der Waals surface area contributed by atoms with Crippen LogP contribution < -0.4 is 5.32 Å². The van der Waals surface area contributed by atoms with Gasteiger partial charge in [-0.15, -0.1) is 11.3 Å². The highest BCUT2D eigenvalue weighted by molar-refractivity contribution is 7.10. The lowest BCUT2D eigenvalue weighted by Crippen LogP contribution is -2.26. The molecular weight excluding hydrogens is 367 g/mol. The fourth-order valence-corrected chi connectivity index (χ4v) is 3.15. The van der Waals surface area contributed by atoms with Crippen LogP contribution in [0.2, 0.25) is 0 Å². The van der Waals surface area contributed by atoms with Gasteiger partial charge >= 0.3 is 6.18 Å². The number of hydrogen-bond acceptors (Lipinski definition) is 5. The molecule has 1 aliphatic heterocycles. The molecule has 0 saturated heterocycles. The SMILES string of the molecule is O=C(/C=C/c1cccs1)NCCc1nc2c(c(C(F)(F)F)n1)COCC2. The van der Waals surface area contributed by atoms with Crippen molar-refractivity contribution < 1.29 is 22.7 Å². The number of nitrogens with zero attached hydrogens (tertiary/aromatic N) is 2. The minimum Gasteiger partial charge on any atom is -0.376 e. The van der Waals surface area contributed by atoms with Crippen molar-refractivity contribution in [3.05, 3.63) is 51.2 Å². The maximum Gasteiger partial charge on any atom is 0.433 e. The Balaban J connectivity index is 1.63. The maximum atomic E-state index is 13.2. The number of hydrogen-bond donors (Lipinski definition) is 1. The Hall–Kier alpha value is -2.26. The topological polar surface area (TPSA) is 64.1 Å². The number of ether oxygens (including phenoxy) is 1. The second-order valence-electron chi connectivity index (χ2n) is 5.60. The van der Waals surface area contributed by atoms with Gasteiger partial charge < -0.3 is 10.1 Å². The average Bonchev–Trinajstić information content (AvgIpc) is 3.12. The van der Waals surface area contributed by atoms with E-state index in [1.807, 2.05) is 17.5 Å². The lowest BCUT2D eigenvalue weighted by atomic mass is 10.1. The molecule has 0 atom stereocenters. The van der Waals surface area contributed by atoms with E-state index >= 15 is 0 Å². The number of nitrogens with one attached hydrogen (secondary N) is 1. The van der Waals surface area contributed by atoms with Gasteiger partial charge in [0.15, 0.2) is 5.69 Å². The van der Waals surface area contributed by atoms with Crippen LogP contribution in [0.25, 0.3) is 6.08 Å². The van der Waals surface area contributed by atoms with E-state index in [-0.39, 0.29) is 36.9 Å². The summed E-state index contributed by atoms with van der Waals surface area (Å²) in [5, 5.41) is 4.52. The number of amides is 1. The molecule has 26 heavy (non-hydrogen) atoms. The molecule has 1 aliphatic rings. The lowest BCUT2D eigenvalue weighted by Gasteiger charge is -2.20. The number of carbonyl (C=O) groups excluding carboxylic acids is 1. The van der Waals surface area contributed by atoms with E-state index in [9.17, 15) is 18.0 Å². The highest BCUT2D eigenvalue weighted by Crippen LogP contribution is 2.33. The molecule has 3 rings (SSSR count). The summed E-state index contributed by atoms with van der Waals surface area (Å²) < 4.78 is 44.8. The van der Waals surface area contributed by atoms with Gasteiger partial charge in [0, 0.05) is 35.9 Å². The largest absolute Gasteiger partial charge is 0.433 e. The molecule has 0 bridgehead atoms. The Kier molecular flexibility index (Phi) is 5.67. The van der Waals surface area contributed by atoms with Gasteiger partial charge in [-0.3, -0.25) is 4.79 Å². The van der Waals surface area contributed by atoms with Gasteiger partial charge in [-0.25, -0.2) is 9.97 Å². The van der Waals surface area contributed by atoms with Crippen LogP contribution in [0.1, 0.15) is 27.7 Å². The number of rotatable bonds is 5. The summed E-state index contributed by atoms with van der Waals surface area (Å²) >= 11 is 1.50. The number of alkyl halides is 3. The minimum atomic E-state index is -4.56. The summed E-state index contributed by atoms with van der Waals surface area (Å²) in [5.74, 6) is -0.249. The summed E-state index contributed by atoms with van der Waals surface area (Å²) in [6.07, 6.45) is -1.05. The average molecular weight is 383 g/mol. The Morgan fingerprint density at radius 3 is 2.96 bits per heavy atom.